The normalized spacial score (nSPS) is 10.7. The van der Waals surface area contributed by atoms with Gasteiger partial charge in [0.25, 0.3) is 11.8 Å². The number of thiophene rings is 1. The van der Waals surface area contributed by atoms with Crippen molar-refractivity contribution in [2.24, 2.45) is 0 Å². The molecule has 1 N–H and O–H groups in total. The van der Waals surface area contributed by atoms with E-state index in [0.717, 1.165) is 4.88 Å². The first-order chi connectivity index (χ1) is 9.78. The van der Waals surface area contributed by atoms with Gasteiger partial charge in [0.2, 0.25) is 0 Å². The third-order valence-electron chi connectivity index (χ3n) is 2.63. The highest BCUT2D eigenvalue weighted by Gasteiger charge is 2.15. The third-order valence-corrected chi connectivity index (χ3v) is 3.48. The molecule has 8 heteroatoms. The van der Waals surface area contributed by atoms with Gasteiger partial charge in [0, 0.05) is 12.7 Å². The summed E-state index contributed by atoms with van der Waals surface area (Å²) in [6.07, 6.45) is 1.57. The topological polar surface area (TPSA) is 85.8 Å². The highest BCUT2D eigenvalue weighted by Crippen LogP contribution is 2.24. The van der Waals surface area contributed by atoms with Gasteiger partial charge < -0.3 is 4.42 Å². The van der Waals surface area contributed by atoms with Gasteiger partial charge in [-0.1, -0.05) is 11.2 Å². The van der Waals surface area contributed by atoms with E-state index < -0.39 is 0 Å². The molecule has 0 atom stereocenters. The monoisotopic (exact) mass is 289 g/mol. The molecule has 20 heavy (non-hydrogen) atoms. The molecular formula is C12H11N5O2S. The van der Waals surface area contributed by atoms with Gasteiger partial charge in [-0.05, 0) is 24.4 Å². The average molecular weight is 289 g/mol. The number of nitrogens with one attached hydrogen (secondary N) is 1. The molecule has 0 saturated carbocycles. The number of carbonyl (C=O) groups excluding carboxylic acids is 1. The van der Waals surface area contributed by atoms with Crippen LogP contribution in [0.3, 0.4) is 0 Å². The number of aromatic nitrogens is 4. The number of hydrogen-bond acceptors (Lipinski definition) is 6. The lowest BCUT2D eigenvalue weighted by Gasteiger charge is -2.02. The summed E-state index contributed by atoms with van der Waals surface area (Å²) in [4.78, 5) is 12.9. The maximum atomic E-state index is 12.1. The van der Waals surface area contributed by atoms with Crippen LogP contribution in [0.4, 0.5) is 6.01 Å². The zero-order valence-electron chi connectivity index (χ0n) is 10.6. The Balaban J connectivity index is 1.77. The molecule has 0 unspecified atom stereocenters. The molecule has 0 aliphatic rings. The van der Waals surface area contributed by atoms with Crippen LogP contribution in [0.2, 0.25) is 0 Å². The summed E-state index contributed by atoms with van der Waals surface area (Å²) in [7, 11) is 0. The summed E-state index contributed by atoms with van der Waals surface area (Å²) in [6.45, 7) is 2.52. The molecule has 0 fully saturated rings. The minimum absolute atomic E-state index is 0.0715. The summed E-state index contributed by atoms with van der Waals surface area (Å²) in [6, 6.07) is 5.47. The smallest absolute Gasteiger partial charge is 0.322 e. The number of nitrogens with zero attached hydrogens (tertiary/aromatic N) is 4. The van der Waals surface area contributed by atoms with Crippen LogP contribution in [-0.4, -0.2) is 25.9 Å². The van der Waals surface area contributed by atoms with Crippen molar-refractivity contribution in [3.05, 3.63) is 35.5 Å². The number of rotatable bonds is 4. The van der Waals surface area contributed by atoms with Crippen LogP contribution in [0.1, 0.15) is 17.4 Å². The number of anilines is 1. The molecule has 3 rings (SSSR count). The molecular weight excluding hydrogens is 278 g/mol. The molecule has 3 aromatic rings. The van der Waals surface area contributed by atoms with E-state index in [1.54, 1.807) is 16.9 Å². The fourth-order valence-electron chi connectivity index (χ4n) is 1.71. The average Bonchev–Trinajstić information content (AvgIpc) is 3.19. The third kappa shape index (κ3) is 2.32. The van der Waals surface area contributed by atoms with E-state index in [1.165, 1.54) is 11.3 Å². The Hall–Kier alpha value is -2.48. The van der Waals surface area contributed by atoms with E-state index in [0.29, 0.717) is 18.1 Å². The van der Waals surface area contributed by atoms with Crippen molar-refractivity contribution in [2.45, 2.75) is 13.5 Å². The molecule has 3 heterocycles. The molecule has 0 saturated heterocycles. The van der Waals surface area contributed by atoms with Crippen molar-refractivity contribution in [3.63, 3.8) is 0 Å². The van der Waals surface area contributed by atoms with Crippen LogP contribution in [0.15, 0.2) is 34.2 Å². The Labute approximate surface area is 118 Å². The minimum Gasteiger partial charge on any atom is -0.402 e. The Kier molecular flexibility index (Phi) is 3.30. The van der Waals surface area contributed by atoms with Crippen LogP contribution in [0, 0.1) is 0 Å². The standard InChI is InChI=1S/C12H11N5O2S/c1-2-17-8(5-6-13-17)10(18)14-12-16-15-11(19-12)9-4-3-7-20-9/h3-7H,2H2,1H3,(H,14,16,18). The molecule has 0 radical (unpaired) electrons. The molecule has 0 aliphatic heterocycles. The van der Waals surface area contributed by atoms with E-state index in [9.17, 15) is 4.79 Å². The van der Waals surface area contributed by atoms with Gasteiger partial charge in [0.15, 0.2) is 0 Å². The van der Waals surface area contributed by atoms with Crippen molar-refractivity contribution in [2.75, 3.05) is 5.32 Å². The second-order valence-electron chi connectivity index (χ2n) is 3.88. The van der Waals surface area contributed by atoms with Gasteiger partial charge >= 0.3 is 6.01 Å². The Morgan fingerprint density at radius 3 is 3.10 bits per heavy atom. The second kappa shape index (κ2) is 5.25. The van der Waals surface area contributed by atoms with Crippen molar-refractivity contribution in [1.29, 1.82) is 0 Å². The first-order valence-electron chi connectivity index (χ1n) is 5.98. The van der Waals surface area contributed by atoms with Gasteiger partial charge in [-0.3, -0.25) is 14.8 Å². The van der Waals surface area contributed by atoms with E-state index in [4.69, 9.17) is 4.42 Å². The SMILES string of the molecule is CCn1nccc1C(=O)Nc1nnc(-c2cccs2)o1. The Bertz CT molecular complexity index is 716. The largest absolute Gasteiger partial charge is 0.402 e. The molecule has 0 aromatic carbocycles. The molecule has 0 aliphatic carbocycles. The van der Waals surface area contributed by atoms with E-state index >= 15 is 0 Å². The first-order valence-corrected chi connectivity index (χ1v) is 6.86. The molecule has 1 amide bonds. The van der Waals surface area contributed by atoms with Gasteiger partial charge in [-0.15, -0.1) is 16.4 Å². The van der Waals surface area contributed by atoms with Crippen LogP contribution in [-0.2, 0) is 6.54 Å². The highest BCUT2D eigenvalue weighted by molar-refractivity contribution is 7.13. The number of hydrogen-bond donors (Lipinski definition) is 1. The first kappa shape index (κ1) is 12.5. The minimum atomic E-state index is -0.328. The summed E-state index contributed by atoms with van der Waals surface area (Å²) in [5, 5.41) is 16.2. The number of carbonyl (C=O) groups is 1. The second-order valence-corrected chi connectivity index (χ2v) is 4.82. The van der Waals surface area contributed by atoms with Crippen LogP contribution in [0.5, 0.6) is 0 Å². The lowest BCUT2D eigenvalue weighted by Crippen LogP contribution is -2.17. The summed E-state index contributed by atoms with van der Waals surface area (Å²) in [5.74, 6) is 0.0602. The fraction of sp³-hybridized carbons (Fsp3) is 0.167. The van der Waals surface area contributed by atoms with Gasteiger partial charge in [0.1, 0.15) is 5.69 Å². The summed E-state index contributed by atoms with van der Waals surface area (Å²) in [5.41, 5.74) is 0.448. The number of aryl methyl sites for hydroxylation is 1. The van der Waals surface area contributed by atoms with Crippen molar-refractivity contribution >= 4 is 23.3 Å². The fourth-order valence-corrected chi connectivity index (χ4v) is 2.36. The maximum absolute atomic E-state index is 12.1. The summed E-state index contributed by atoms with van der Waals surface area (Å²) < 4.78 is 6.99. The van der Waals surface area contributed by atoms with Crippen molar-refractivity contribution in [1.82, 2.24) is 20.0 Å². The molecule has 7 nitrogen and oxygen atoms in total. The lowest BCUT2D eigenvalue weighted by molar-refractivity contribution is 0.101. The van der Waals surface area contributed by atoms with Gasteiger partial charge in [-0.2, -0.15) is 5.10 Å². The molecule has 102 valence electrons. The van der Waals surface area contributed by atoms with Crippen LogP contribution >= 0.6 is 11.3 Å². The predicted octanol–water partition coefficient (Wildman–Crippen LogP) is 2.27. The van der Waals surface area contributed by atoms with E-state index in [2.05, 4.69) is 20.6 Å². The predicted molar refractivity (Wildman–Crippen MR) is 73.5 cm³/mol. The van der Waals surface area contributed by atoms with E-state index in [1.807, 2.05) is 24.4 Å². The van der Waals surface area contributed by atoms with Gasteiger partial charge in [-0.25, -0.2) is 0 Å². The lowest BCUT2D eigenvalue weighted by atomic mass is 10.4. The van der Waals surface area contributed by atoms with Crippen LogP contribution < -0.4 is 5.32 Å². The zero-order valence-corrected chi connectivity index (χ0v) is 11.4. The maximum Gasteiger partial charge on any atom is 0.322 e. The number of amides is 1. The van der Waals surface area contributed by atoms with Crippen LogP contribution in [0.25, 0.3) is 10.8 Å². The van der Waals surface area contributed by atoms with Crippen molar-refractivity contribution in [3.8, 4) is 10.8 Å². The molecule has 0 spiro atoms. The Morgan fingerprint density at radius 2 is 2.35 bits per heavy atom. The Morgan fingerprint density at radius 1 is 1.45 bits per heavy atom. The molecule has 0 bridgehead atoms. The van der Waals surface area contributed by atoms with Gasteiger partial charge in [0.05, 0.1) is 4.88 Å². The van der Waals surface area contributed by atoms with Crippen molar-refractivity contribution < 1.29 is 9.21 Å². The van der Waals surface area contributed by atoms with E-state index in [-0.39, 0.29) is 11.9 Å². The highest BCUT2D eigenvalue weighted by atomic mass is 32.1. The quantitative estimate of drug-likeness (QED) is 0.796. The summed E-state index contributed by atoms with van der Waals surface area (Å²) >= 11 is 1.49. The molecule has 3 aromatic heterocycles. The zero-order chi connectivity index (χ0) is 13.9.